The first kappa shape index (κ1) is 21.1. The van der Waals surface area contributed by atoms with Crippen LogP contribution < -0.4 is 5.32 Å². The van der Waals surface area contributed by atoms with Crippen LogP contribution in [-0.2, 0) is 10.9 Å². The van der Waals surface area contributed by atoms with Crippen LogP contribution in [0.15, 0.2) is 30.6 Å². The van der Waals surface area contributed by atoms with E-state index in [0.29, 0.717) is 30.9 Å². The van der Waals surface area contributed by atoms with Crippen LogP contribution >= 0.6 is 0 Å². The Labute approximate surface area is 201 Å². The first-order chi connectivity index (χ1) is 16.9. The Hall–Kier alpha value is -2.26. The molecule has 1 aliphatic carbocycles. The van der Waals surface area contributed by atoms with E-state index in [2.05, 4.69) is 34.3 Å². The maximum atomic E-state index is 13.3. The molecular weight excluding hydrogens is 443 g/mol. The van der Waals surface area contributed by atoms with Crippen LogP contribution in [-0.4, -0.2) is 58.9 Å². The lowest BCUT2D eigenvalue weighted by Gasteiger charge is -2.40. The number of nitrogens with one attached hydrogen (secondary N) is 1. The van der Waals surface area contributed by atoms with Gasteiger partial charge in [-0.3, -0.25) is 4.98 Å². The van der Waals surface area contributed by atoms with Gasteiger partial charge in [0.15, 0.2) is 0 Å². The second-order valence-corrected chi connectivity index (χ2v) is 10.5. The van der Waals surface area contributed by atoms with E-state index in [1.165, 1.54) is 6.07 Å². The molecule has 2 saturated heterocycles. The summed E-state index contributed by atoms with van der Waals surface area (Å²) in [6, 6.07) is 4.30. The molecule has 0 radical (unpaired) electrons. The lowest BCUT2D eigenvalue weighted by Crippen LogP contribution is -2.42. The van der Waals surface area contributed by atoms with Gasteiger partial charge in [-0.25, -0.2) is 0 Å². The fraction of sp³-hybridized carbons (Fsp3) is 0.640. The van der Waals surface area contributed by atoms with Gasteiger partial charge in [0.05, 0.1) is 17.9 Å². The summed E-state index contributed by atoms with van der Waals surface area (Å²) in [4.78, 5) is 5.85. The summed E-state index contributed by atoms with van der Waals surface area (Å²) in [6.45, 7) is 5.47. The standard InChI is InChI=1S/C25H32F3N5O/c1-24(2)15-34-8-6-18(24)14-33-12-16-9-19(10-17(16)13-33)30-23-4-3-22(31-32-23)20-11-29-7-5-21(20)25(26,27)28/h3-5,7,11,16-19H,6,8-10,12-15H2,1-2H3,(H,30,32)/t16-,17+,18?,19?/i14D2. The number of anilines is 1. The summed E-state index contributed by atoms with van der Waals surface area (Å²) in [5.41, 5.74) is -0.963. The average molecular weight is 478 g/mol. The van der Waals surface area contributed by atoms with Crippen molar-refractivity contribution in [1.29, 1.82) is 0 Å². The van der Waals surface area contributed by atoms with Crippen molar-refractivity contribution in [3.63, 3.8) is 0 Å². The molecule has 9 heteroatoms. The molecule has 0 aromatic carbocycles. The Morgan fingerprint density at radius 2 is 1.94 bits per heavy atom. The number of fused-ring (bicyclic) bond motifs is 1. The van der Waals surface area contributed by atoms with E-state index in [0.717, 1.165) is 50.8 Å². The van der Waals surface area contributed by atoms with Crippen molar-refractivity contribution in [3.05, 3.63) is 36.2 Å². The minimum atomic E-state index is -4.50. The third kappa shape index (κ3) is 4.91. The maximum absolute atomic E-state index is 13.3. The van der Waals surface area contributed by atoms with Crippen LogP contribution in [0.25, 0.3) is 11.3 Å². The van der Waals surface area contributed by atoms with Gasteiger partial charge in [0.2, 0.25) is 0 Å². The molecular formula is C25H32F3N5O. The van der Waals surface area contributed by atoms with Gasteiger partial charge in [-0.05, 0) is 60.6 Å². The maximum Gasteiger partial charge on any atom is 0.417 e. The predicted molar refractivity (Wildman–Crippen MR) is 123 cm³/mol. The van der Waals surface area contributed by atoms with E-state index in [-0.39, 0.29) is 28.6 Å². The van der Waals surface area contributed by atoms with Crippen LogP contribution in [0.5, 0.6) is 0 Å². The topological polar surface area (TPSA) is 63.2 Å². The number of rotatable bonds is 5. The summed E-state index contributed by atoms with van der Waals surface area (Å²) in [5.74, 6) is 1.25. The molecule has 0 amide bonds. The van der Waals surface area contributed by atoms with Crippen molar-refractivity contribution in [2.75, 3.05) is 38.1 Å². The zero-order chi connectivity index (χ0) is 25.7. The lowest BCUT2D eigenvalue weighted by molar-refractivity contribution is -0.137. The van der Waals surface area contributed by atoms with E-state index >= 15 is 0 Å². The van der Waals surface area contributed by atoms with Gasteiger partial charge in [-0.2, -0.15) is 13.2 Å². The van der Waals surface area contributed by atoms with Crippen molar-refractivity contribution in [2.45, 2.75) is 45.3 Å². The molecule has 2 unspecified atom stereocenters. The molecule has 34 heavy (non-hydrogen) atoms. The van der Waals surface area contributed by atoms with E-state index in [9.17, 15) is 13.2 Å². The first-order valence-corrected chi connectivity index (χ1v) is 11.9. The Morgan fingerprint density at radius 1 is 1.18 bits per heavy atom. The highest BCUT2D eigenvalue weighted by Gasteiger charge is 2.43. The number of pyridine rings is 1. The third-order valence-corrected chi connectivity index (χ3v) is 7.48. The second kappa shape index (κ2) is 9.07. The normalized spacial score (nSPS) is 30.5. The van der Waals surface area contributed by atoms with E-state index < -0.39 is 18.2 Å². The number of aromatic nitrogens is 3. The Kier molecular flexibility index (Phi) is 5.62. The minimum Gasteiger partial charge on any atom is -0.381 e. The number of alkyl halides is 3. The van der Waals surface area contributed by atoms with Gasteiger partial charge in [-0.15, -0.1) is 10.2 Å². The molecule has 2 aliphatic heterocycles. The smallest absolute Gasteiger partial charge is 0.381 e. The molecule has 2 aromatic heterocycles. The molecule has 184 valence electrons. The number of hydrogen-bond donors (Lipinski definition) is 1. The summed E-state index contributed by atoms with van der Waals surface area (Å²) in [7, 11) is 0. The van der Waals surface area contributed by atoms with Crippen molar-refractivity contribution >= 4 is 5.82 Å². The monoisotopic (exact) mass is 477 g/mol. The van der Waals surface area contributed by atoms with Crippen LogP contribution in [0.3, 0.4) is 0 Å². The number of nitrogens with zero attached hydrogens (tertiary/aromatic N) is 4. The third-order valence-electron chi connectivity index (χ3n) is 7.48. The molecule has 1 N–H and O–H groups in total. The largest absolute Gasteiger partial charge is 0.417 e. The van der Waals surface area contributed by atoms with Crippen molar-refractivity contribution < 1.29 is 20.6 Å². The zero-order valence-corrected chi connectivity index (χ0v) is 19.5. The van der Waals surface area contributed by atoms with E-state index in [1.807, 2.05) is 4.90 Å². The van der Waals surface area contributed by atoms with E-state index in [1.54, 1.807) is 6.07 Å². The highest BCUT2D eigenvalue weighted by atomic mass is 19.4. The summed E-state index contributed by atoms with van der Waals surface area (Å²) >= 11 is 0. The van der Waals surface area contributed by atoms with Gasteiger partial charge in [-0.1, -0.05) is 13.8 Å². The molecule has 2 aromatic rings. The number of halogens is 3. The molecule has 6 nitrogen and oxygen atoms in total. The molecule has 0 bridgehead atoms. The fourth-order valence-electron chi connectivity index (χ4n) is 5.62. The van der Waals surface area contributed by atoms with Crippen LogP contribution in [0.1, 0.15) is 41.4 Å². The molecule has 3 fully saturated rings. The highest BCUT2D eigenvalue weighted by Crippen LogP contribution is 2.42. The average Bonchev–Trinajstić information content (AvgIpc) is 3.38. The lowest BCUT2D eigenvalue weighted by atomic mass is 9.76. The molecule has 1 saturated carbocycles. The summed E-state index contributed by atoms with van der Waals surface area (Å²) in [5, 5.41) is 11.5. The second-order valence-electron chi connectivity index (χ2n) is 10.5. The molecule has 3 aliphatic rings. The summed E-state index contributed by atoms with van der Waals surface area (Å²) in [6.07, 6.45) is 0.307. The van der Waals surface area contributed by atoms with Crippen molar-refractivity contribution in [3.8, 4) is 11.3 Å². The molecule has 0 spiro atoms. The minimum absolute atomic E-state index is 0.0713. The van der Waals surface area contributed by atoms with Crippen molar-refractivity contribution in [2.24, 2.45) is 23.2 Å². The molecule has 4 atom stereocenters. The van der Waals surface area contributed by atoms with E-state index in [4.69, 9.17) is 7.48 Å². The van der Waals surface area contributed by atoms with Gasteiger partial charge in [0.25, 0.3) is 0 Å². The Bertz CT molecular complexity index is 1070. The predicted octanol–water partition coefficient (Wildman–Crippen LogP) is 4.74. The van der Waals surface area contributed by atoms with Crippen LogP contribution in [0.2, 0.25) is 0 Å². The van der Waals surface area contributed by atoms with Gasteiger partial charge in [0.1, 0.15) is 5.82 Å². The zero-order valence-electron chi connectivity index (χ0n) is 21.5. The van der Waals surface area contributed by atoms with Gasteiger partial charge >= 0.3 is 6.18 Å². The molecule has 5 rings (SSSR count). The quantitative estimate of drug-likeness (QED) is 0.671. The first-order valence-electron chi connectivity index (χ1n) is 12.9. The number of hydrogen-bond acceptors (Lipinski definition) is 6. The van der Waals surface area contributed by atoms with Crippen molar-refractivity contribution in [1.82, 2.24) is 20.1 Å². The number of ether oxygens (including phenoxy) is 1. The Balaban J connectivity index is 1.20. The molecule has 4 heterocycles. The summed E-state index contributed by atoms with van der Waals surface area (Å²) < 4.78 is 63.5. The Morgan fingerprint density at radius 3 is 2.59 bits per heavy atom. The van der Waals surface area contributed by atoms with Crippen LogP contribution in [0.4, 0.5) is 19.0 Å². The fourth-order valence-corrected chi connectivity index (χ4v) is 5.62. The SMILES string of the molecule is [2H]C([2H])(C1CCOCC1(C)C)N1C[C@H]2CC(Nc3ccc(-c4cnccc4C(F)(F)F)nn3)C[C@H]2C1. The van der Waals surface area contributed by atoms with Crippen LogP contribution in [0, 0.1) is 23.2 Å². The highest BCUT2D eigenvalue weighted by molar-refractivity contribution is 5.63. The van der Waals surface area contributed by atoms with Gasteiger partial charge in [0, 0.05) is 52.9 Å². The number of likely N-dealkylation sites (tertiary alicyclic amines) is 1. The van der Waals surface area contributed by atoms with Gasteiger partial charge < -0.3 is 15.0 Å².